The highest BCUT2D eigenvalue weighted by Crippen LogP contribution is 2.65. The summed E-state index contributed by atoms with van der Waals surface area (Å²) in [5.74, 6) is -2.79. The number of aliphatic hydroxyl groups is 1. The molecule has 8 heteroatoms. The van der Waals surface area contributed by atoms with E-state index in [1.165, 1.54) is 4.90 Å². The first kappa shape index (κ1) is 27.4. The number of likely N-dealkylation sites (tertiary alicyclic amines) is 1. The molecule has 1 N–H and O–H groups in total. The molecule has 8 nitrogen and oxygen atoms in total. The fraction of sp³-hybridized carbons (Fsp3) is 0.741. The minimum absolute atomic E-state index is 0.0700. The third-order valence-corrected chi connectivity index (χ3v) is 8.16. The number of rotatable bonds is 10. The number of nitrogens with zero attached hydrogens (tertiary/aromatic N) is 2. The van der Waals surface area contributed by atoms with Gasteiger partial charge in [0.15, 0.2) is 0 Å². The van der Waals surface area contributed by atoms with Crippen LogP contribution in [-0.2, 0) is 23.9 Å². The maximum atomic E-state index is 14.2. The molecule has 0 aromatic rings. The van der Waals surface area contributed by atoms with Gasteiger partial charge in [0, 0.05) is 12.1 Å². The van der Waals surface area contributed by atoms with Crippen LogP contribution in [-0.4, -0.2) is 81.3 Å². The Kier molecular flexibility index (Phi) is 7.59. The van der Waals surface area contributed by atoms with Crippen LogP contribution in [0.2, 0.25) is 0 Å². The number of aliphatic hydroxyl groups excluding tert-OH is 1. The largest absolute Gasteiger partial charge is 0.465 e. The Morgan fingerprint density at radius 1 is 1.34 bits per heavy atom. The van der Waals surface area contributed by atoms with E-state index in [2.05, 4.69) is 13.2 Å². The van der Waals surface area contributed by atoms with E-state index in [1.807, 2.05) is 34.6 Å². The van der Waals surface area contributed by atoms with Crippen molar-refractivity contribution in [3.05, 3.63) is 25.3 Å². The highest BCUT2D eigenvalue weighted by molar-refractivity contribution is 5.99. The van der Waals surface area contributed by atoms with E-state index in [4.69, 9.17) is 9.47 Å². The Balaban J connectivity index is 2.09. The highest BCUT2D eigenvalue weighted by Gasteiger charge is 2.80. The second kappa shape index (κ2) is 9.69. The van der Waals surface area contributed by atoms with Crippen LogP contribution in [0.4, 0.5) is 0 Å². The van der Waals surface area contributed by atoms with Gasteiger partial charge in [-0.1, -0.05) is 19.1 Å². The standard InChI is InChI=1S/C27H42N2O6/c1-9-11-12-14-34-24(33)20-19-22(31)29(18(4)16-30)21(23(32)28(13-10-2)25(5,6)7)27(19)15-17(3)26(20,8)35-27/h9-10,17-21,30H,1-2,11-16H2,3-8H3/t17?,18-,19+,20+,21?,26-,27?/m1/s1. The average Bonchev–Trinajstić information content (AvgIpc) is 3.30. The summed E-state index contributed by atoms with van der Waals surface area (Å²) in [6.45, 7) is 19.1. The van der Waals surface area contributed by atoms with Crippen molar-refractivity contribution >= 4 is 17.8 Å². The van der Waals surface area contributed by atoms with Crippen molar-refractivity contribution in [1.82, 2.24) is 9.80 Å². The van der Waals surface area contributed by atoms with Crippen LogP contribution in [0.3, 0.4) is 0 Å². The monoisotopic (exact) mass is 490 g/mol. The number of fused-ring (bicyclic) bond motifs is 1. The van der Waals surface area contributed by atoms with Crippen molar-refractivity contribution in [2.24, 2.45) is 17.8 Å². The lowest BCUT2D eigenvalue weighted by atomic mass is 9.62. The molecule has 196 valence electrons. The molecular weight excluding hydrogens is 448 g/mol. The van der Waals surface area contributed by atoms with Gasteiger partial charge in [-0.3, -0.25) is 14.4 Å². The summed E-state index contributed by atoms with van der Waals surface area (Å²) >= 11 is 0. The Morgan fingerprint density at radius 2 is 2.00 bits per heavy atom. The molecule has 3 saturated heterocycles. The summed E-state index contributed by atoms with van der Waals surface area (Å²) in [6, 6.07) is -1.57. The van der Waals surface area contributed by atoms with Gasteiger partial charge in [-0.25, -0.2) is 0 Å². The molecule has 7 atom stereocenters. The molecule has 0 aromatic carbocycles. The average molecular weight is 491 g/mol. The number of hydrogen-bond acceptors (Lipinski definition) is 6. The summed E-state index contributed by atoms with van der Waals surface area (Å²) in [4.78, 5) is 44.7. The number of esters is 1. The van der Waals surface area contributed by atoms with Crippen molar-refractivity contribution in [2.75, 3.05) is 19.8 Å². The maximum Gasteiger partial charge on any atom is 0.312 e. The molecule has 3 heterocycles. The van der Waals surface area contributed by atoms with Gasteiger partial charge in [0.2, 0.25) is 11.8 Å². The van der Waals surface area contributed by atoms with Gasteiger partial charge in [0.05, 0.1) is 30.8 Å². The normalized spacial score (nSPS) is 34.5. The van der Waals surface area contributed by atoms with E-state index >= 15 is 0 Å². The zero-order valence-corrected chi connectivity index (χ0v) is 22.1. The van der Waals surface area contributed by atoms with Crippen molar-refractivity contribution < 1.29 is 29.0 Å². The predicted molar refractivity (Wildman–Crippen MR) is 132 cm³/mol. The van der Waals surface area contributed by atoms with Crippen molar-refractivity contribution in [2.45, 2.75) is 89.6 Å². The molecule has 3 rings (SSSR count). The van der Waals surface area contributed by atoms with E-state index in [0.29, 0.717) is 19.4 Å². The zero-order chi connectivity index (χ0) is 26.3. The molecule has 2 bridgehead atoms. The molecule has 0 aromatic heterocycles. The number of amides is 2. The van der Waals surface area contributed by atoms with Crippen molar-refractivity contribution in [3.63, 3.8) is 0 Å². The van der Waals surface area contributed by atoms with E-state index in [1.54, 1.807) is 24.0 Å². The molecule has 3 aliphatic rings. The number of ether oxygens (including phenoxy) is 2. The van der Waals surface area contributed by atoms with Crippen molar-refractivity contribution in [1.29, 1.82) is 0 Å². The lowest BCUT2D eigenvalue weighted by Crippen LogP contribution is -2.61. The fourth-order valence-corrected chi connectivity index (χ4v) is 6.34. The first-order valence-corrected chi connectivity index (χ1v) is 12.6. The maximum absolute atomic E-state index is 14.2. The van der Waals surface area contributed by atoms with Gasteiger partial charge in [-0.2, -0.15) is 0 Å². The van der Waals surface area contributed by atoms with Crippen LogP contribution >= 0.6 is 0 Å². The molecule has 35 heavy (non-hydrogen) atoms. The molecule has 0 saturated carbocycles. The van der Waals surface area contributed by atoms with E-state index in [9.17, 15) is 19.5 Å². The van der Waals surface area contributed by atoms with Crippen LogP contribution in [0.5, 0.6) is 0 Å². The Labute approximate surface area is 209 Å². The summed E-state index contributed by atoms with van der Waals surface area (Å²) in [5.41, 5.74) is -2.62. The van der Waals surface area contributed by atoms with Crippen LogP contribution in [0.25, 0.3) is 0 Å². The molecule has 2 amide bonds. The molecule has 3 fully saturated rings. The minimum Gasteiger partial charge on any atom is -0.465 e. The van der Waals surface area contributed by atoms with Crippen LogP contribution in [0, 0.1) is 17.8 Å². The third-order valence-electron chi connectivity index (χ3n) is 8.16. The Bertz CT molecular complexity index is 881. The van der Waals surface area contributed by atoms with Crippen LogP contribution in [0.15, 0.2) is 25.3 Å². The summed E-state index contributed by atoms with van der Waals surface area (Å²) in [7, 11) is 0. The van der Waals surface area contributed by atoms with Gasteiger partial charge in [0.1, 0.15) is 17.6 Å². The van der Waals surface area contributed by atoms with E-state index < -0.39 is 46.6 Å². The molecule has 0 radical (unpaired) electrons. The third kappa shape index (κ3) is 4.22. The van der Waals surface area contributed by atoms with E-state index in [0.717, 1.165) is 6.42 Å². The zero-order valence-electron chi connectivity index (χ0n) is 22.1. The second-order valence-corrected chi connectivity index (χ2v) is 11.5. The SMILES string of the molecule is C=CCCCOC(=O)[C@@H]1[C@H]2C(=O)N([C@H](C)CO)C(C(=O)N(CC=C)C(C)(C)C)C23CC(C)[C@@]1(C)O3. The molecular formula is C27H42N2O6. The number of unbranched alkanes of at least 4 members (excludes halogenated alkanes) is 1. The second-order valence-electron chi connectivity index (χ2n) is 11.5. The van der Waals surface area contributed by atoms with Gasteiger partial charge < -0.3 is 24.4 Å². The quantitative estimate of drug-likeness (QED) is 0.287. The summed E-state index contributed by atoms with van der Waals surface area (Å²) < 4.78 is 12.3. The first-order valence-electron chi connectivity index (χ1n) is 12.6. The van der Waals surface area contributed by atoms with E-state index in [-0.39, 0.29) is 30.9 Å². The minimum atomic E-state index is -1.17. The fourth-order valence-electron chi connectivity index (χ4n) is 6.34. The van der Waals surface area contributed by atoms with Crippen molar-refractivity contribution in [3.8, 4) is 0 Å². The summed E-state index contributed by atoms with van der Waals surface area (Å²) in [5, 5.41) is 10.0. The Hall–Kier alpha value is -2.19. The number of hydrogen-bond donors (Lipinski definition) is 1. The van der Waals surface area contributed by atoms with Gasteiger partial charge in [-0.05, 0) is 59.8 Å². The molecule has 0 aliphatic carbocycles. The lowest BCUT2D eigenvalue weighted by molar-refractivity contribution is -0.164. The first-order chi connectivity index (χ1) is 16.3. The molecule has 3 aliphatic heterocycles. The number of carbonyl (C=O) groups is 3. The summed E-state index contributed by atoms with van der Waals surface area (Å²) in [6.07, 6.45) is 5.27. The molecule has 1 spiro atoms. The van der Waals surface area contributed by atoms with Gasteiger partial charge in [-0.15, -0.1) is 13.2 Å². The smallest absolute Gasteiger partial charge is 0.312 e. The Morgan fingerprint density at radius 3 is 2.54 bits per heavy atom. The van der Waals surface area contributed by atoms with Crippen LogP contribution < -0.4 is 0 Å². The number of allylic oxidation sites excluding steroid dienone is 1. The topological polar surface area (TPSA) is 96.4 Å². The lowest BCUT2D eigenvalue weighted by Gasteiger charge is -2.43. The predicted octanol–water partition coefficient (Wildman–Crippen LogP) is 2.70. The van der Waals surface area contributed by atoms with Gasteiger partial charge in [0.25, 0.3) is 0 Å². The molecule has 3 unspecified atom stereocenters. The highest BCUT2D eigenvalue weighted by atomic mass is 16.6. The van der Waals surface area contributed by atoms with Gasteiger partial charge >= 0.3 is 5.97 Å². The number of carbonyl (C=O) groups excluding carboxylic acids is 3. The van der Waals surface area contributed by atoms with Crippen LogP contribution in [0.1, 0.15) is 60.8 Å².